The quantitative estimate of drug-likeness (QED) is 0.909. The van der Waals surface area contributed by atoms with E-state index in [1.807, 2.05) is 32.2 Å². The van der Waals surface area contributed by atoms with Gasteiger partial charge < -0.3 is 20.1 Å². The molecule has 0 spiro atoms. The Morgan fingerprint density at radius 3 is 2.57 bits per heavy atom. The van der Waals surface area contributed by atoms with Crippen LogP contribution in [-0.4, -0.2) is 19.7 Å². The molecule has 0 unspecified atom stereocenters. The number of amides is 1. The van der Waals surface area contributed by atoms with Crippen LogP contribution in [0.15, 0.2) is 36.4 Å². The van der Waals surface area contributed by atoms with Crippen molar-refractivity contribution >= 4 is 17.3 Å². The maximum absolute atomic E-state index is 12.3. The van der Waals surface area contributed by atoms with Crippen molar-refractivity contribution in [3.05, 3.63) is 47.5 Å². The number of rotatable bonds is 3. The Bertz CT molecular complexity index is 698. The highest BCUT2D eigenvalue weighted by Gasteiger charge is 2.15. The van der Waals surface area contributed by atoms with E-state index in [0.29, 0.717) is 22.7 Å². The van der Waals surface area contributed by atoms with Crippen LogP contribution in [0.4, 0.5) is 11.4 Å². The van der Waals surface area contributed by atoms with E-state index in [1.165, 1.54) is 0 Å². The van der Waals surface area contributed by atoms with Crippen LogP contribution in [0.5, 0.6) is 11.5 Å². The molecular formula is C16H16N2O3. The molecule has 0 bridgehead atoms. The van der Waals surface area contributed by atoms with E-state index in [2.05, 4.69) is 10.6 Å². The molecule has 1 heterocycles. The van der Waals surface area contributed by atoms with Crippen LogP contribution in [0, 0.1) is 6.92 Å². The number of aryl methyl sites for hydroxylation is 1. The number of nitrogens with one attached hydrogen (secondary N) is 2. The second kappa shape index (κ2) is 5.36. The zero-order valence-electron chi connectivity index (χ0n) is 11.9. The van der Waals surface area contributed by atoms with Gasteiger partial charge in [0.05, 0.1) is 0 Å². The Kier molecular flexibility index (Phi) is 3.39. The van der Waals surface area contributed by atoms with Gasteiger partial charge in [-0.25, -0.2) is 0 Å². The summed E-state index contributed by atoms with van der Waals surface area (Å²) in [7, 11) is 1.85. The van der Waals surface area contributed by atoms with E-state index in [1.54, 1.807) is 18.2 Å². The zero-order valence-corrected chi connectivity index (χ0v) is 11.9. The summed E-state index contributed by atoms with van der Waals surface area (Å²) in [5.41, 5.74) is 3.22. The first-order chi connectivity index (χ1) is 10.2. The molecule has 3 rings (SSSR count). The van der Waals surface area contributed by atoms with Crippen molar-refractivity contribution in [3.63, 3.8) is 0 Å². The third kappa shape index (κ3) is 2.63. The monoisotopic (exact) mass is 284 g/mol. The summed E-state index contributed by atoms with van der Waals surface area (Å²) in [5, 5.41) is 5.92. The molecule has 0 aliphatic carbocycles. The molecule has 5 heteroatoms. The highest BCUT2D eigenvalue weighted by atomic mass is 16.7. The van der Waals surface area contributed by atoms with E-state index in [9.17, 15) is 4.79 Å². The van der Waals surface area contributed by atoms with Crippen LogP contribution in [-0.2, 0) is 0 Å². The predicted molar refractivity (Wildman–Crippen MR) is 81.2 cm³/mol. The standard InChI is InChI=1S/C16H16N2O3/c1-10-7-11(17-2)3-5-13(10)16(19)18-12-4-6-14-15(8-12)21-9-20-14/h3-8,17H,9H2,1-2H3,(H,18,19). The Morgan fingerprint density at radius 1 is 1.05 bits per heavy atom. The molecular weight excluding hydrogens is 268 g/mol. The number of benzene rings is 2. The van der Waals surface area contributed by atoms with Gasteiger partial charge in [0.2, 0.25) is 6.79 Å². The lowest BCUT2D eigenvalue weighted by Gasteiger charge is -2.10. The lowest BCUT2D eigenvalue weighted by Crippen LogP contribution is -2.13. The average molecular weight is 284 g/mol. The maximum atomic E-state index is 12.3. The van der Waals surface area contributed by atoms with Gasteiger partial charge in [0.1, 0.15) is 0 Å². The van der Waals surface area contributed by atoms with Gasteiger partial charge in [-0.1, -0.05) is 0 Å². The fourth-order valence-corrected chi connectivity index (χ4v) is 2.25. The SMILES string of the molecule is CNc1ccc(C(=O)Nc2ccc3c(c2)OCO3)c(C)c1. The molecule has 2 N–H and O–H groups in total. The van der Waals surface area contributed by atoms with Gasteiger partial charge in [-0.3, -0.25) is 4.79 Å². The van der Waals surface area contributed by atoms with Crippen LogP contribution in [0.3, 0.4) is 0 Å². The number of carbonyl (C=O) groups excluding carboxylic acids is 1. The fourth-order valence-electron chi connectivity index (χ4n) is 2.25. The molecule has 1 aliphatic heterocycles. The molecule has 0 saturated heterocycles. The van der Waals surface area contributed by atoms with Gasteiger partial charge in [0, 0.05) is 30.1 Å². The summed E-state index contributed by atoms with van der Waals surface area (Å²) in [5.74, 6) is 1.20. The summed E-state index contributed by atoms with van der Waals surface area (Å²) in [4.78, 5) is 12.3. The fraction of sp³-hybridized carbons (Fsp3) is 0.188. The van der Waals surface area contributed by atoms with E-state index >= 15 is 0 Å². The highest BCUT2D eigenvalue weighted by Crippen LogP contribution is 2.34. The highest BCUT2D eigenvalue weighted by molar-refractivity contribution is 6.05. The third-order valence-electron chi connectivity index (χ3n) is 3.39. The normalized spacial score (nSPS) is 12.1. The summed E-state index contributed by atoms with van der Waals surface area (Å²) in [6, 6.07) is 11.0. The minimum Gasteiger partial charge on any atom is -0.454 e. The molecule has 0 atom stereocenters. The Hall–Kier alpha value is -2.69. The largest absolute Gasteiger partial charge is 0.454 e. The molecule has 1 aliphatic rings. The molecule has 0 saturated carbocycles. The van der Waals surface area contributed by atoms with Crippen LogP contribution in [0.2, 0.25) is 0 Å². The minimum atomic E-state index is -0.144. The predicted octanol–water partition coefficient (Wildman–Crippen LogP) is 3.02. The van der Waals surface area contributed by atoms with Crippen molar-refractivity contribution in [2.24, 2.45) is 0 Å². The lowest BCUT2D eigenvalue weighted by molar-refractivity contribution is 0.102. The van der Waals surface area contributed by atoms with Crippen molar-refractivity contribution < 1.29 is 14.3 Å². The zero-order chi connectivity index (χ0) is 14.8. The molecule has 21 heavy (non-hydrogen) atoms. The topological polar surface area (TPSA) is 59.6 Å². The van der Waals surface area contributed by atoms with Gasteiger partial charge in [0.15, 0.2) is 11.5 Å². The lowest BCUT2D eigenvalue weighted by atomic mass is 10.1. The van der Waals surface area contributed by atoms with Crippen LogP contribution in [0.25, 0.3) is 0 Å². The molecule has 2 aromatic carbocycles. The third-order valence-corrected chi connectivity index (χ3v) is 3.39. The first-order valence-electron chi connectivity index (χ1n) is 6.67. The minimum absolute atomic E-state index is 0.144. The number of hydrogen-bond acceptors (Lipinski definition) is 4. The second-order valence-corrected chi connectivity index (χ2v) is 4.80. The smallest absolute Gasteiger partial charge is 0.255 e. The van der Waals surface area contributed by atoms with Gasteiger partial charge in [0.25, 0.3) is 5.91 Å². The maximum Gasteiger partial charge on any atom is 0.255 e. The molecule has 1 amide bonds. The van der Waals surface area contributed by atoms with Crippen molar-refractivity contribution in [1.29, 1.82) is 0 Å². The van der Waals surface area contributed by atoms with E-state index in [4.69, 9.17) is 9.47 Å². The Balaban J connectivity index is 1.80. The average Bonchev–Trinajstić information content (AvgIpc) is 2.94. The molecule has 0 fully saturated rings. The van der Waals surface area contributed by atoms with Crippen molar-refractivity contribution in [2.75, 3.05) is 24.5 Å². The van der Waals surface area contributed by atoms with Crippen molar-refractivity contribution in [1.82, 2.24) is 0 Å². The molecule has 2 aromatic rings. The number of fused-ring (bicyclic) bond motifs is 1. The Labute approximate surface area is 122 Å². The number of carbonyl (C=O) groups is 1. The van der Waals surface area contributed by atoms with E-state index in [-0.39, 0.29) is 12.7 Å². The second-order valence-electron chi connectivity index (χ2n) is 4.80. The van der Waals surface area contributed by atoms with Gasteiger partial charge in [-0.05, 0) is 42.8 Å². The first-order valence-corrected chi connectivity index (χ1v) is 6.67. The molecule has 5 nitrogen and oxygen atoms in total. The van der Waals surface area contributed by atoms with Crippen molar-refractivity contribution in [3.8, 4) is 11.5 Å². The summed E-state index contributed by atoms with van der Waals surface area (Å²) in [6.45, 7) is 2.13. The van der Waals surface area contributed by atoms with Crippen LogP contribution < -0.4 is 20.1 Å². The summed E-state index contributed by atoms with van der Waals surface area (Å²) >= 11 is 0. The number of anilines is 2. The first kappa shape index (κ1) is 13.3. The summed E-state index contributed by atoms with van der Waals surface area (Å²) in [6.07, 6.45) is 0. The molecule has 0 radical (unpaired) electrons. The number of ether oxygens (including phenoxy) is 2. The Morgan fingerprint density at radius 2 is 1.81 bits per heavy atom. The van der Waals surface area contributed by atoms with Gasteiger partial charge in [-0.2, -0.15) is 0 Å². The van der Waals surface area contributed by atoms with Crippen molar-refractivity contribution in [2.45, 2.75) is 6.92 Å². The molecule has 108 valence electrons. The molecule has 0 aromatic heterocycles. The van der Waals surface area contributed by atoms with Gasteiger partial charge in [-0.15, -0.1) is 0 Å². The van der Waals surface area contributed by atoms with Gasteiger partial charge >= 0.3 is 0 Å². The number of hydrogen-bond donors (Lipinski definition) is 2. The van der Waals surface area contributed by atoms with E-state index in [0.717, 1.165) is 11.3 Å². The summed E-state index contributed by atoms with van der Waals surface area (Å²) < 4.78 is 10.5. The van der Waals surface area contributed by atoms with E-state index < -0.39 is 0 Å². The van der Waals surface area contributed by atoms with Crippen LogP contribution in [0.1, 0.15) is 15.9 Å². The van der Waals surface area contributed by atoms with Crippen LogP contribution >= 0.6 is 0 Å².